The number of hydrogen-bond donors (Lipinski definition) is 2. The van der Waals surface area contributed by atoms with Gasteiger partial charge in [-0.2, -0.15) is 8.42 Å². The third-order valence-electron chi connectivity index (χ3n) is 2.60. The molecule has 0 spiro atoms. The lowest BCUT2D eigenvalue weighted by molar-refractivity contribution is 0.0698. The average molecular weight is 300 g/mol. The number of aryl methyl sites for hydroxylation is 2. The number of thiophene rings is 1. The first kappa shape index (κ1) is 13.6. The topological polar surface area (TPSA) is 88.4 Å². The second-order valence-electron chi connectivity index (χ2n) is 3.97. The van der Waals surface area contributed by atoms with E-state index in [0.29, 0.717) is 11.4 Å². The molecule has 0 aliphatic carbocycles. The van der Waals surface area contributed by atoms with Gasteiger partial charge in [0.1, 0.15) is 9.77 Å². The quantitative estimate of drug-likeness (QED) is 0.901. The first-order valence-electron chi connectivity index (χ1n) is 5.31. The second kappa shape index (κ2) is 4.71. The fraction of sp³-hybridized carbons (Fsp3) is 0.182. The molecule has 102 valence electrons. The van der Waals surface area contributed by atoms with Gasteiger partial charge in [-0.1, -0.05) is 0 Å². The normalized spacial score (nSPS) is 11.5. The number of carboxylic acid groups (broad SMARTS) is 1. The summed E-state index contributed by atoms with van der Waals surface area (Å²) >= 11 is 0.878. The molecule has 2 heterocycles. The molecular weight excluding hydrogens is 288 g/mol. The van der Waals surface area contributed by atoms with E-state index in [-0.39, 0.29) is 9.77 Å². The Morgan fingerprint density at radius 1 is 1.26 bits per heavy atom. The number of carbonyl (C=O) groups is 1. The molecule has 2 aromatic heterocycles. The summed E-state index contributed by atoms with van der Waals surface area (Å²) in [5.74, 6) is -1.25. The Bertz CT molecular complexity index is 708. The zero-order chi connectivity index (χ0) is 14.2. The predicted molar refractivity (Wildman–Crippen MR) is 71.7 cm³/mol. The Kier molecular flexibility index (Phi) is 3.38. The minimum Gasteiger partial charge on any atom is -0.477 e. The fourth-order valence-electron chi connectivity index (χ4n) is 1.65. The molecule has 0 aliphatic rings. The number of sulfonamides is 1. The van der Waals surface area contributed by atoms with Crippen molar-refractivity contribution in [2.45, 2.75) is 18.7 Å². The molecule has 0 aliphatic heterocycles. The Morgan fingerprint density at radius 2 is 1.84 bits per heavy atom. The zero-order valence-electron chi connectivity index (χ0n) is 10.2. The van der Waals surface area contributed by atoms with Crippen LogP contribution in [0.15, 0.2) is 28.5 Å². The molecule has 0 fully saturated rings. The van der Waals surface area contributed by atoms with E-state index in [9.17, 15) is 13.2 Å². The van der Waals surface area contributed by atoms with Crippen LogP contribution in [0.3, 0.4) is 0 Å². The number of carboxylic acids is 1. The third-order valence-corrected chi connectivity index (χ3v) is 4.97. The summed E-state index contributed by atoms with van der Waals surface area (Å²) < 4.78 is 25.8. The minimum absolute atomic E-state index is 0.199. The van der Waals surface area contributed by atoms with Crippen LogP contribution in [-0.4, -0.2) is 24.2 Å². The van der Waals surface area contributed by atoms with Crippen molar-refractivity contribution in [3.05, 3.63) is 39.8 Å². The SMILES string of the molecule is Cc1ccc(C)n1NS(=O)(=O)c1ccsc1C(=O)O. The van der Waals surface area contributed by atoms with Crippen molar-refractivity contribution in [1.82, 2.24) is 4.68 Å². The Hall–Kier alpha value is -1.80. The van der Waals surface area contributed by atoms with Crippen molar-refractivity contribution < 1.29 is 18.3 Å². The van der Waals surface area contributed by atoms with E-state index >= 15 is 0 Å². The van der Waals surface area contributed by atoms with Crippen LogP contribution in [0.4, 0.5) is 0 Å². The van der Waals surface area contributed by atoms with Crippen LogP contribution in [-0.2, 0) is 10.0 Å². The molecule has 0 saturated heterocycles. The van der Waals surface area contributed by atoms with E-state index in [2.05, 4.69) is 4.83 Å². The maximum absolute atomic E-state index is 12.2. The van der Waals surface area contributed by atoms with Crippen LogP contribution in [0.2, 0.25) is 0 Å². The van der Waals surface area contributed by atoms with Gasteiger partial charge in [0.25, 0.3) is 10.0 Å². The minimum atomic E-state index is -3.92. The maximum atomic E-state index is 12.2. The molecule has 0 unspecified atom stereocenters. The van der Waals surface area contributed by atoms with Crippen LogP contribution >= 0.6 is 11.3 Å². The average Bonchev–Trinajstić information content (AvgIpc) is 2.91. The highest BCUT2D eigenvalue weighted by Crippen LogP contribution is 2.22. The van der Waals surface area contributed by atoms with Crippen molar-refractivity contribution in [2.75, 3.05) is 4.83 Å². The van der Waals surface area contributed by atoms with Crippen molar-refractivity contribution in [2.24, 2.45) is 0 Å². The number of rotatable bonds is 4. The second-order valence-corrected chi connectivity index (χ2v) is 6.51. The Labute approximate surface area is 114 Å². The number of aromatic carboxylic acids is 1. The van der Waals surface area contributed by atoms with Gasteiger partial charge in [-0.25, -0.2) is 9.63 Å². The van der Waals surface area contributed by atoms with Crippen molar-refractivity contribution in [3.8, 4) is 0 Å². The lowest BCUT2D eigenvalue weighted by Gasteiger charge is -2.12. The highest BCUT2D eigenvalue weighted by molar-refractivity contribution is 7.92. The van der Waals surface area contributed by atoms with Gasteiger partial charge in [0.05, 0.1) is 0 Å². The van der Waals surface area contributed by atoms with Gasteiger partial charge in [0.15, 0.2) is 0 Å². The largest absolute Gasteiger partial charge is 0.477 e. The summed E-state index contributed by atoms with van der Waals surface area (Å²) in [6, 6.07) is 4.82. The van der Waals surface area contributed by atoms with Crippen LogP contribution < -0.4 is 4.83 Å². The van der Waals surface area contributed by atoms with Crippen LogP contribution in [0.5, 0.6) is 0 Å². The van der Waals surface area contributed by atoms with Crippen molar-refractivity contribution in [3.63, 3.8) is 0 Å². The molecule has 2 N–H and O–H groups in total. The molecule has 8 heteroatoms. The Morgan fingerprint density at radius 3 is 2.37 bits per heavy atom. The highest BCUT2D eigenvalue weighted by Gasteiger charge is 2.24. The summed E-state index contributed by atoms with van der Waals surface area (Å²) in [5, 5.41) is 10.4. The summed E-state index contributed by atoms with van der Waals surface area (Å²) in [4.78, 5) is 12.9. The van der Waals surface area contributed by atoms with Crippen molar-refractivity contribution >= 4 is 27.3 Å². The van der Waals surface area contributed by atoms with Crippen LogP contribution in [0.1, 0.15) is 21.1 Å². The molecule has 0 aromatic carbocycles. The van der Waals surface area contributed by atoms with Gasteiger partial charge in [-0.15, -0.1) is 11.3 Å². The van der Waals surface area contributed by atoms with Gasteiger partial charge in [0.2, 0.25) is 0 Å². The molecule has 0 bridgehead atoms. The van der Waals surface area contributed by atoms with E-state index in [1.807, 2.05) is 0 Å². The number of nitrogens with one attached hydrogen (secondary N) is 1. The maximum Gasteiger partial charge on any atom is 0.347 e. The standard InChI is InChI=1S/C11H12N2O4S2/c1-7-3-4-8(2)13(7)12-19(16,17)9-5-6-18-10(9)11(14)15/h3-6,12H,1-2H3,(H,14,15). The molecule has 2 rings (SSSR count). The fourth-order valence-corrected chi connectivity index (χ4v) is 4.04. The van der Waals surface area contributed by atoms with Crippen molar-refractivity contribution in [1.29, 1.82) is 0 Å². The number of hydrogen-bond acceptors (Lipinski definition) is 4. The van der Waals surface area contributed by atoms with Gasteiger partial charge in [0, 0.05) is 11.4 Å². The molecule has 19 heavy (non-hydrogen) atoms. The number of nitrogens with zero attached hydrogens (tertiary/aromatic N) is 1. The monoisotopic (exact) mass is 300 g/mol. The van der Waals surface area contributed by atoms with Gasteiger partial charge >= 0.3 is 5.97 Å². The molecule has 0 radical (unpaired) electrons. The molecule has 6 nitrogen and oxygen atoms in total. The van der Waals surface area contributed by atoms with E-state index in [4.69, 9.17) is 5.11 Å². The van der Waals surface area contributed by atoms with Crippen LogP contribution in [0, 0.1) is 13.8 Å². The first-order valence-corrected chi connectivity index (χ1v) is 7.68. The molecule has 0 atom stereocenters. The first-order chi connectivity index (χ1) is 8.83. The highest BCUT2D eigenvalue weighted by atomic mass is 32.2. The van der Waals surface area contributed by atoms with Gasteiger partial charge in [-0.3, -0.25) is 4.68 Å². The van der Waals surface area contributed by atoms with E-state index in [0.717, 1.165) is 11.3 Å². The van der Waals surface area contributed by atoms with E-state index < -0.39 is 16.0 Å². The lowest BCUT2D eigenvalue weighted by Crippen LogP contribution is -2.25. The zero-order valence-corrected chi connectivity index (χ0v) is 11.9. The summed E-state index contributed by atoms with van der Waals surface area (Å²) in [7, 11) is -3.92. The van der Waals surface area contributed by atoms with E-state index in [1.165, 1.54) is 16.1 Å². The number of aromatic nitrogens is 1. The predicted octanol–water partition coefficient (Wildman–Crippen LogP) is 1.80. The van der Waals surface area contributed by atoms with E-state index in [1.54, 1.807) is 26.0 Å². The summed E-state index contributed by atoms with van der Waals surface area (Å²) in [6.07, 6.45) is 0. The lowest BCUT2D eigenvalue weighted by atomic mass is 10.5. The van der Waals surface area contributed by atoms with Gasteiger partial charge < -0.3 is 5.11 Å². The smallest absolute Gasteiger partial charge is 0.347 e. The van der Waals surface area contributed by atoms with Crippen LogP contribution in [0.25, 0.3) is 0 Å². The third kappa shape index (κ3) is 2.49. The molecule has 2 aromatic rings. The molecule has 0 saturated carbocycles. The molecule has 0 amide bonds. The summed E-state index contributed by atoms with van der Waals surface area (Å²) in [6.45, 7) is 3.50. The summed E-state index contributed by atoms with van der Waals surface area (Å²) in [5.41, 5.74) is 1.43. The Balaban J connectivity index is 2.44. The molecular formula is C11H12N2O4S2. The van der Waals surface area contributed by atoms with Gasteiger partial charge in [-0.05, 0) is 37.4 Å².